The van der Waals surface area contributed by atoms with Crippen LogP contribution in [-0.2, 0) is 11.3 Å². The molecule has 0 spiro atoms. The number of hydrogen-bond acceptors (Lipinski definition) is 1. The van der Waals surface area contributed by atoms with E-state index in [0.717, 1.165) is 11.1 Å². The zero-order chi connectivity index (χ0) is 10.7. The van der Waals surface area contributed by atoms with E-state index in [4.69, 9.17) is 23.2 Å². The highest BCUT2D eigenvalue weighted by atomic mass is 35.5. The smallest absolute Gasteiger partial charge is 0.217 e. The first-order valence-corrected chi connectivity index (χ1v) is 4.95. The van der Waals surface area contributed by atoms with Gasteiger partial charge < -0.3 is 5.32 Å². The highest BCUT2D eigenvalue weighted by molar-refractivity contribution is 6.35. The van der Waals surface area contributed by atoms with Gasteiger partial charge >= 0.3 is 0 Å². The molecule has 0 bridgehead atoms. The third kappa shape index (κ3) is 2.89. The average molecular weight is 232 g/mol. The van der Waals surface area contributed by atoms with Crippen LogP contribution in [0.5, 0.6) is 0 Å². The molecule has 1 N–H and O–H groups in total. The summed E-state index contributed by atoms with van der Waals surface area (Å²) in [7, 11) is 0. The van der Waals surface area contributed by atoms with E-state index in [0.29, 0.717) is 16.6 Å². The van der Waals surface area contributed by atoms with Gasteiger partial charge in [0.1, 0.15) is 0 Å². The molecule has 14 heavy (non-hydrogen) atoms. The first-order valence-electron chi connectivity index (χ1n) is 4.19. The van der Waals surface area contributed by atoms with Crippen LogP contribution in [0.25, 0.3) is 0 Å². The maximum absolute atomic E-state index is 10.7. The van der Waals surface area contributed by atoms with E-state index in [1.54, 1.807) is 6.07 Å². The van der Waals surface area contributed by atoms with Gasteiger partial charge in [0.05, 0.1) is 0 Å². The van der Waals surface area contributed by atoms with E-state index in [9.17, 15) is 4.79 Å². The van der Waals surface area contributed by atoms with E-state index in [2.05, 4.69) is 5.32 Å². The fourth-order valence-electron chi connectivity index (χ4n) is 1.17. The lowest BCUT2D eigenvalue weighted by molar-refractivity contribution is -0.119. The minimum absolute atomic E-state index is 0.0737. The second-order valence-corrected chi connectivity index (χ2v) is 3.94. The van der Waals surface area contributed by atoms with Crippen molar-refractivity contribution in [3.63, 3.8) is 0 Å². The minimum Gasteiger partial charge on any atom is -0.352 e. The van der Waals surface area contributed by atoms with Crippen LogP contribution in [-0.4, -0.2) is 5.91 Å². The van der Waals surface area contributed by atoms with Crippen LogP contribution in [0.15, 0.2) is 12.1 Å². The third-order valence-corrected chi connectivity index (χ3v) is 2.45. The number of hydrogen-bond donors (Lipinski definition) is 1. The highest BCUT2D eigenvalue weighted by Crippen LogP contribution is 2.24. The van der Waals surface area contributed by atoms with Crippen molar-refractivity contribution in [3.05, 3.63) is 33.3 Å². The highest BCUT2D eigenvalue weighted by Gasteiger charge is 2.06. The predicted octanol–water partition coefficient (Wildman–Crippen LogP) is 2.94. The topological polar surface area (TPSA) is 29.1 Å². The Labute approximate surface area is 93.2 Å². The molecule has 1 amide bonds. The zero-order valence-electron chi connectivity index (χ0n) is 8.03. The molecule has 2 nitrogen and oxygen atoms in total. The number of amides is 1. The summed E-state index contributed by atoms with van der Waals surface area (Å²) in [5.41, 5.74) is 1.89. The molecule has 0 atom stereocenters. The molecule has 4 heteroatoms. The summed E-state index contributed by atoms with van der Waals surface area (Å²) in [6.45, 7) is 3.82. The number of halogens is 2. The fourth-order valence-corrected chi connectivity index (χ4v) is 1.83. The Balaban J connectivity index is 2.91. The Bertz CT molecular complexity index is 340. The van der Waals surface area contributed by atoms with Gasteiger partial charge in [0.25, 0.3) is 0 Å². The second-order valence-electron chi connectivity index (χ2n) is 3.09. The lowest BCUT2D eigenvalue weighted by Gasteiger charge is -2.09. The van der Waals surface area contributed by atoms with E-state index in [-0.39, 0.29) is 5.91 Å². The van der Waals surface area contributed by atoms with Crippen LogP contribution in [0.1, 0.15) is 18.1 Å². The van der Waals surface area contributed by atoms with E-state index in [1.165, 1.54) is 6.92 Å². The lowest BCUT2D eigenvalue weighted by Crippen LogP contribution is -2.19. The van der Waals surface area contributed by atoms with Crippen molar-refractivity contribution >= 4 is 29.1 Å². The average Bonchev–Trinajstić information content (AvgIpc) is 2.01. The van der Waals surface area contributed by atoms with Crippen molar-refractivity contribution in [3.8, 4) is 0 Å². The predicted molar refractivity (Wildman–Crippen MR) is 58.7 cm³/mol. The number of carbonyl (C=O) groups is 1. The normalized spacial score (nSPS) is 10.0. The molecular formula is C10H11Cl2NO. The van der Waals surface area contributed by atoms with Gasteiger partial charge in [-0.15, -0.1) is 0 Å². The van der Waals surface area contributed by atoms with Gasteiger partial charge in [-0.25, -0.2) is 0 Å². The standard InChI is InChI=1S/C10H11Cl2NO/c1-6-3-8(11)4-10(12)9(6)5-13-7(2)14/h3-4H,5H2,1-2H3,(H,13,14). The van der Waals surface area contributed by atoms with Crippen molar-refractivity contribution in [1.82, 2.24) is 5.32 Å². The van der Waals surface area contributed by atoms with Gasteiger partial charge in [0.15, 0.2) is 0 Å². The molecule has 1 aromatic rings. The van der Waals surface area contributed by atoms with Gasteiger partial charge in [-0.05, 0) is 30.2 Å². The Hall–Kier alpha value is -0.730. The fraction of sp³-hybridized carbons (Fsp3) is 0.300. The molecule has 1 aromatic carbocycles. The first-order chi connectivity index (χ1) is 6.50. The largest absolute Gasteiger partial charge is 0.352 e. The molecule has 0 heterocycles. The first kappa shape index (κ1) is 11.3. The SMILES string of the molecule is CC(=O)NCc1c(C)cc(Cl)cc1Cl. The molecule has 0 fully saturated rings. The number of aryl methyl sites for hydroxylation is 1. The summed E-state index contributed by atoms with van der Waals surface area (Å²) >= 11 is 11.8. The van der Waals surface area contributed by atoms with Gasteiger partial charge in [-0.1, -0.05) is 23.2 Å². The quantitative estimate of drug-likeness (QED) is 0.834. The number of carbonyl (C=O) groups excluding carboxylic acids is 1. The molecule has 0 aromatic heterocycles. The van der Waals surface area contributed by atoms with E-state index < -0.39 is 0 Å². The summed E-state index contributed by atoms with van der Waals surface area (Å²) in [6, 6.07) is 3.50. The van der Waals surface area contributed by atoms with Crippen molar-refractivity contribution in [2.24, 2.45) is 0 Å². The number of benzene rings is 1. The lowest BCUT2D eigenvalue weighted by atomic mass is 10.1. The van der Waals surface area contributed by atoms with Crippen molar-refractivity contribution in [2.45, 2.75) is 20.4 Å². The van der Waals surface area contributed by atoms with E-state index >= 15 is 0 Å². The Morgan fingerprint density at radius 2 is 2.07 bits per heavy atom. The molecule has 0 saturated heterocycles. The molecule has 76 valence electrons. The number of nitrogens with one attached hydrogen (secondary N) is 1. The molecule has 0 aliphatic rings. The van der Waals surface area contributed by atoms with Gasteiger partial charge in [0, 0.05) is 23.5 Å². The molecule has 0 saturated carbocycles. The third-order valence-electron chi connectivity index (χ3n) is 1.90. The Morgan fingerprint density at radius 3 is 2.57 bits per heavy atom. The summed E-state index contributed by atoms with van der Waals surface area (Å²) in [6.07, 6.45) is 0. The van der Waals surface area contributed by atoms with E-state index in [1.807, 2.05) is 13.0 Å². The monoisotopic (exact) mass is 231 g/mol. The van der Waals surface area contributed by atoms with Crippen LogP contribution in [0.3, 0.4) is 0 Å². The summed E-state index contributed by atoms with van der Waals surface area (Å²) in [5, 5.41) is 3.89. The maximum Gasteiger partial charge on any atom is 0.217 e. The van der Waals surface area contributed by atoms with Crippen molar-refractivity contribution in [2.75, 3.05) is 0 Å². The second kappa shape index (κ2) is 4.67. The van der Waals surface area contributed by atoms with Crippen LogP contribution in [0.2, 0.25) is 10.0 Å². The Kier molecular flexibility index (Phi) is 3.78. The summed E-state index contributed by atoms with van der Waals surface area (Å²) in [5.74, 6) is -0.0737. The maximum atomic E-state index is 10.7. The van der Waals surface area contributed by atoms with Crippen LogP contribution < -0.4 is 5.32 Å². The number of rotatable bonds is 2. The van der Waals surface area contributed by atoms with Gasteiger partial charge in [-0.3, -0.25) is 4.79 Å². The molecule has 0 radical (unpaired) electrons. The molecule has 0 aliphatic heterocycles. The van der Waals surface area contributed by atoms with Crippen molar-refractivity contribution < 1.29 is 4.79 Å². The van der Waals surface area contributed by atoms with Gasteiger partial charge in [-0.2, -0.15) is 0 Å². The molecule has 0 aliphatic carbocycles. The molecule has 1 rings (SSSR count). The van der Waals surface area contributed by atoms with Crippen LogP contribution in [0, 0.1) is 6.92 Å². The van der Waals surface area contributed by atoms with Crippen molar-refractivity contribution in [1.29, 1.82) is 0 Å². The minimum atomic E-state index is -0.0737. The molecule has 0 unspecified atom stereocenters. The van der Waals surface area contributed by atoms with Gasteiger partial charge in [0.2, 0.25) is 5.91 Å². The summed E-state index contributed by atoms with van der Waals surface area (Å²) in [4.78, 5) is 10.7. The summed E-state index contributed by atoms with van der Waals surface area (Å²) < 4.78 is 0. The van der Waals surface area contributed by atoms with Crippen LogP contribution >= 0.6 is 23.2 Å². The Morgan fingerprint density at radius 1 is 1.43 bits per heavy atom. The zero-order valence-corrected chi connectivity index (χ0v) is 9.54. The van der Waals surface area contributed by atoms with Crippen LogP contribution in [0.4, 0.5) is 0 Å². The molecular weight excluding hydrogens is 221 g/mol.